The van der Waals surface area contributed by atoms with Crippen LogP contribution in [0.5, 0.6) is 0 Å². The molecule has 22 heavy (non-hydrogen) atoms. The summed E-state index contributed by atoms with van der Waals surface area (Å²) in [5.74, 6) is -1.62. The number of aromatic nitrogens is 2. The highest BCUT2D eigenvalue weighted by Crippen LogP contribution is 2.36. The molecule has 0 bridgehead atoms. The van der Waals surface area contributed by atoms with E-state index in [-0.39, 0.29) is 11.7 Å². The summed E-state index contributed by atoms with van der Waals surface area (Å²) in [5, 5.41) is 6.38. The molecule has 124 valence electrons. The van der Waals surface area contributed by atoms with Gasteiger partial charge in [0.15, 0.2) is 5.82 Å². The first kappa shape index (κ1) is 16.8. The Morgan fingerprint density at radius 3 is 2.41 bits per heavy atom. The topological polar surface area (TPSA) is 68.0 Å². The van der Waals surface area contributed by atoms with Crippen LogP contribution in [0.1, 0.15) is 70.0 Å². The Morgan fingerprint density at radius 2 is 1.91 bits per heavy atom. The second-order valence-corrected chi connectivity index (χ2v) is 5.72. The lowest BCUT2D eigenvalue weighted by molar-refractivity contribution is -0.159. The molecule has 2 rings (SSSR count). The average Bonchev–Trinajstić information content (AvgIpc) is 2.83. The van der Waals surface area contributed by atoms with Crippen LogP contribution < -0.4 is 5.32 Å². The van der Waals surface area contributed by atoms with Gasteiger partial charge in [-0.15, -0.1) is 0 Å². The van der Waals surface area contributed by atoms with Crippen LogP contribution in [0.25, 0.3) is 0 Å². The van der Waals surface area contributed by atoms with Gasteiger partial charge in [-0.2, -0.15) is 18.2 Å². The summed E-state index contributed by atoms with van der Waals surface area (Å²) in [4.78, 5) is 15.5. The molecule has 0 spiro atoms. The van der Waals surface area contributed by atoms with Crippen molar-refractivity contribution in [1.29, 1.82) is 0 Å². The molecule has 0 radical (unpaired) electrons. The van der Waals surface area contributed by atoms with E-state index in [0.29, 0.717) is 25.7 Å². The number of amides is 1. The van der Waals surface area contributed by atoms with Gasteiger partial charge >= 0.3 is 12.1 Å². The van der Waals surface area contributed by atoms with Gasteiger partial charge in [-0.25, -0.2) is 0 Å². The number of alkyl halides is 3. The fraction of sp³-hybridized carbons (Fsp3) is 0.786. The Balaban J connectivity index is 2.30. The number of hydrogen-bond acceptors (Lipinski definition) is 4. The van der Waals surface area contributed by atoms with Crippen molar-refractivity contribution in [2.75, 3.05) is 0 Å². The zero-order valence-electron chi connectivity index (χ0n) is 12.5. The van der Waals surface area contributed by atoms with Crippen molar-refractivity contribution in [2.24, 2.45) is 0 Å². The van der Waals surface area contributed by atoms with E-state index in [4.69, 9.17) is 0 Å². The van der Waals surface area contributed by atoms with E-state index in [1.54, 1.807) is 0 Å². The van der Waals surface area contributed by atoms with Gasteiger partial charge in [0.05, 0.1) is 0 Å². The summed E-state index contributed by atoms with van der Waals surface area (Å²) in [5.41, 5.74) is -0.949. The highest BCUT2D eigenvalue weighted by molar-refractivity contribution is 5.76. The predicted molar refractivity (Wildman–Crippen MR) is 71.7 cm³/mol. The fourth-order valence-corrected chi connectivity index (χ4v) is 2.83. The van der Waals surface area contributed by atoms with Crippen molar-refractivity contribution in [3.63, 3.8) is 0 Å². The van der Waals surface area contributed by atoms with E-state index in [1.165, 1.54) is 0 Å². The third-order valence-electron chi connectivity index (χ3n) is 3.91. The molecule has 1 heterocycles. The van der Waals surface area contributed by atoms with Crippen molar-refractivity contribution in [1.82, 2.24) is 15.5 Å². The number of rotatable bonds is 4. The average molecular weight is 319 g/mol. The lowest BCUT2D eigenvalue weighted by Gasteiger charge is -2.30. The standard InChI is InChI=1S/C14H20F3N3O2/c1-2-7-10(21)19-13(8-5-3-4-6-9-13)11-18-12(22-20-11)14(15,16)17/h2-9H2,1H3,(H,19,21). The van der Waals surface area contributed by atoms with Gasteiger partial charge in [-0.3, -0.25) is 4.79 Å². The van der Waals surface area contributed by atoms with E-state index in [9.17, 15) is 18.0 Å². The highest BCUT2D eigenvalue weighted by Gasteiger charge is 2.43. The Kier molecular flexibility index (Phi) is 5.08. The van der Waals surface area contributed by atoms with Gasteiger partial charge in [0.25, 0.3) is 0 Å². The highest BCUT2D eigenvalue weighted by atomic mass is 19.4. The number of carbonyl (C=O) groups is 1. The summed E-state index contributed by atoms with van der Waals surface area (Å²) < 4.78 is 42.4. The van der Waals surface area contributed by atoms with Gasteiger partial charge in [0.1, 0.15) is 5.54 Å². The maximum absolute atomic E-state index is 12.7. The predicted octanol–water partition coefficient (Wildman–Crippen LogP) is 3.55. The molecule has 1 amide bonds. The van der Waals surface area contributed by atoms with Gasteiger partial charge in [-0.05, 0) is 19.3 Å². The Bertz CT molecular complexity index is 506. The third-order valence-corrected chi connectivity index (χ3v) is 3.91. The van der Waals surface area contributed by atoms with Crippen LogP contribution in [0.3, 0.4) is 0 Å². The first-order valence-corrected chi connectivity index (χ1v) is 7.60. The first-order chi connectivity index (χ1) is 10.4. The van der Waals surface area contributed by atoms with Crippen molar-refractivity contribution in [2.45, 2.75) is 70.0 Å². The molecule has 0 aliphatic heterocycles. The summed E-state index contributed by atoms with van der Waals surface area (Å²) in [6.07, 6.45) is 0.951. The van der Waals surface area contributed by atoms with E-state index in [1.807, 2.05) is 6.92 Å². The number of carbonyl (C=O) groups excluding carboxylic acids is 1. The molecule has 0 unspecified atom stereocenters. The second kappa shape index (κ2) is 6.66. The summed E-state index contributed by atoms with van der Waals surface area (Å²) in [7, 11) is 0. The van der Waals surface area contributed by atoms with Crippen molar-refractivity contribution in [3.8, 4) is 0 Å². The lowest BCUT2D eigenvalue weighted by atomic mass is 9.89. The third kappa shape index (κ3) is 3.78. The molecule has 0 atom stereocenters. The van der Waals surface area contributed by atoms with Gasteiger partial charge in [-0.1, -0.05) is 37.8 Å². The van der Waals surface area contributed by atoms with Crippen molar-refractivity contribution in [3.05, 3.63) is 11.7 Å². The number of halogens is 3. The number of nitrogens with zero attached hydrogens (tertiary/aromatic N) is 2. The first-order valence-electron chi connectivity index (χ1n) is 7.60. The SMILES string of the molecule is CCCC(=O)NC1(c2noc(C(F)(F)F)n2)CCCCCC1. The largest absolute Gasteiger partial charge is 0.471 e. The minimum atomic E-state index is -4.68. The van der Waals surface area contributed by atoms with Crippen LogP contribution in [0, 0.1) is 0 Å². The molecule has 1 fully saturated rings. The molecule has 5 nitrogen and oxygen atoms in total. The minimum absolute atomic E-state index is 0.0637. The molecule has 8 heteroatoms. The van der Waals surface area contributed by atoms with E-state index >= 15 is 0 Å². The molecule has 1 aliphatic carbocycles. The van der Waals surface area contributed by atoms with Crippen LogP contribution in [0.2, 0.25) is 0 Å². The van der Waals surface area contributed by atoms with Gasteiger partial charge < -0.3 is 9.84 Å². The van der Waals surface area contributed by atoms with Crippen LogP contribution in [0.4, 0.5) is 13.2 Å². The monoisotopic (exact) mass is 319 g/mol. The van der Waals surface area contributed by atoms with E-state index in [0.717, 1.165) is 25.7 Å². The van der Waals surface area contributed by atoms with Crippen LogP contribution in [0.15, 0.2) is 4.52 Å². The molecule has 1 saturated carbocycles. The summed E-state index contributed by atoms with van der Waals surface area (Å²) in [6.45, 7) is 1.87. The van der Waals surface area contributed by atoms with Crippen molar-refractivity contribution < 1.29 is 22.5 Å². The maximum atomic E-state index is 12.7. The van der Waals surface area contributed by atoms with Crippen molar-refractivity contribution >= 4 is 5.91 Å². The molecule has 0 saturated heterocycles. The normalized spacial score (nSPS) is 18.7. The van der Waals surface area contributed by atoms with Crippen LogP contribution in [-0.2, 0) is 16.5 Å². The Morgan fingerprint density at radius 1 is 1.27 bits per heavy atom. The second-order valence-electron chi connectivity index (χ2n) is 5.72. The Labute approximate surface area is 126 Å². The fourth-order valence-electron chi connectivity index (χ4n) is 2.83. The lowest BCUT2D eigenvalue weighted by Crippen LogP contribution is -2.46. The zero-order chi connectivity index (χ0) is 16.2. The zero-order valence-corrected chi connectivity index (χ0v) is 12.5. The molecule has 0 aromatic carbocycles. The maximum Gasteiger partial charge on any atom is 0.471 e. The minimum Gasteiger partial charge on any atom is -0.343 e. The summed E-state index contributed by atoms with van der Waals surface area (Å²) in [6, 6.07) is 0. The molecule has 1 aromatic heterocycles. The smallest absolute Gasteiger partial charge is 0.343 e. The molecular weight excluding hydrogens is 299 g/mol. The molecule has 1 aromatic rings. The van der Waals surface area contributed by atoms with E-state index in [2.05, 4.69) is 20.0 Å². The summed E-state index contributed by atoms with van der Waals surface area (Å²) >= 11 is 0. The Hall–Kier alpha value is -1.60. The number of hydrogen-bond donors (Lipinski definition) is 1. The van der Waals surface area contributed by atoms with Gasteiger partial charge in [0.2, 0.25) is 5.91 Å². The molecular formula is C14H20F3N3O2. The van der Waals surface area contributed by atoms with E-state index < -0.39 is 17.6 Å². The molecule has 1 N–H and O–H groups in total. The van der Waals surface area contributed by atoms with Crippen LogP contribution >= 0.6 is 0 Å². The van der Waals surface area contributed by atoms with Crippen LogP contribution in [-0.4, -0.2) is 16.0 Å². The molecule has 1 aliphatic rings. The van der Waals surface area contributed by atoms with Gasteiger partial charge in [0, 0.05) is 6.42 Å². The number of nitrogens with one attached hydrogen (secondary N) is 1. The quantitative estimate of drug-likeness (QED) is 0.862.